The Morgan fingerprint density at radius 1 is 1.08 bits per heavy atom. The van der Waals surface area contributed by atoms with E-state index in [1.54, 1.807) is 26.0 Å². The second-order valence-corrected chi connectivity index (χ2v) is 9.43. The zero-order chi connectivity index (χ0) is 28.6. The first-order valence-electron chi connectivity index (χ1n) is 12.0. The Hall–Kier alpha value is -4.62. The van der Waals surface area contributed by atoms with Crippen molar-refractivity contribution in [2.75, 3.05) is 5.32 Å². The van der Waals surface area contributed by atoms with E-state index in [1.807, 2.05) is 0 Å². The van der Waals surface area contributed by atoms with Gasteiger partial charge in [0.25, 0.3) is 5.56 Å². The van der Waals surface area contributed by atoms with Crippen molar-refractivity contribution in [3.8, 4) is 11.3 Å². The molecule has 1 atom stereocenters. The normalized spacial score (nSPS) is 12.6. The van der Waals surface area contributed by atoms with Gasteiger partial charge >= 0.3 is 11.6 Å². The average Bonchev–Trinajstić information content (AvgIpc) is 3.34. The Morgan fingerprint density at radius 3 is 2.36 bits per heavy atom. The first kappa shape index (κ1) is 27.4. The molecule has 0 fully saturated rings. The third-order valence-corrected chi connectivity index (χ3v) is 6.15. The van der Waals surface area contributed by atoms with Crippen LogP contribution in [0.15, 0.2) is 46.5 Å². The lowest BCUT2D eigenvalue weighted by atomic mass is 10.1. The van der Waals surface area contributed by atoms with Crippen LogP contribution in [0.2, 0.25) is 0 Å². The number of pyridine rings is 1. The number of Topliss-reactive ketones (excluding diaryl/α,β-unsaturated/α-hetero) is 1. The molecule has 0 spiro atoms. The lowest BCUT2D eigenvalue weighted by Gasteiger charge is -2.15. The van der Waals surface area contributed by atoms with Gasteiger partial charge in [-0.05, 0) is 19.1 Å². The number of nitrogens with zero attached hydrogens (tertiary/aromatic N) is 7. The molecule has 4 rings (SSSR count). The van der Waals surface area contributed by atoms with Crippen molar-refractivity contribution in [2.45, 2.75) is 46.2 Å². The number of hydrogen-bond donors (Lipinski definition) is 1. The zero-order valence-corrected chi connectivity index (χ0v) is 21.8. The Bertz CT molecular complexity index is 1680. The SMILES string of the molecule is CC(C)C(=O)Cn1c(=O)c2c(ncn2[C@@H](C)C(=O)Nc2cccc(-c3cnc(C(C)(F)F)nc3)n2)n(C)c1=O. The van der Waals surface area contributed by atoms with Crippen LogP contribution in [0.4, 0.5) is 14.6 Å². The largest absolute Gasteiger partial charge is 0.332 e. The lowest BCUT2D eigenvalue weighted by Crippen LogP contribution is -2.42. The first-order valence-corrected chi connectivity index (χ1v) is 12.0. The van der Waals surface area contributed by atoms with E-state index < -0.39 is 41.5 Å². The Balaban J connectivity index is 1.63. The maximum Gasteiger partial charge on any atom is 0.332 e. The third kappa shape index (κ3) is 5.35. The molecule has 204 valence electrons. The van der Waals surface area contributed by atoms with Crippen LogP contribution in [0.3, 0.4) is 0 Å². The maximum absolute atomic E-state index is 13.4. The molecule has 1 N–H and O–H groups in total. The Labute approximate surface area is 220 Å². The second-order valence-electron chi connectivity index (χ2n) is 9.43. The van der Waals surface area contributed by atoms with Gasteiger partial charge in [0.15, 0.2) is 22.8 Å². The Morgan fingerprint density at radius 2 is 1.74 bits per heavy atom. The molecule has 14 heteroatoms. The highest BCUT2D eigenvalue weighted by Crippen LogP contribution is 2.25. The molecule has 0 aliphatic rings. The van der Waals surface area contributed by atoms with Crippen molar-refractivity contribution >= 4 is 28.7 Å². The van der Waals surface area contributed by atoms with Crippen LogP contribution >= 0.6 is 0 Å². The van der Waals surface area contributed by atoms with Crippen LogP contribution in [-0.2, 0) is 29.1 Å². The lowest BCUT2D eigenvalue weighted by molar-refractivity contribution is -0.122. The molecule has 4 heterocycles. The molecular weight excluding hydrogens is 514 g/mol. The number of carbonyl (C=O) groups excluding carboxylic acids is 2. The van der Waals surface area contributed by atoms with Gasteiger partial charge in [0.05, 0.1) is 18.6 Å². The number of hydrogen-bond acceptors (Lipinski definition) is 8. The zero-order valence-electron chi connectivity index (χ0n) is 21.8. The quantitative estimate of drug-likeness (QED) is 0.358. The van der Waals surface area contributed by atoms with E-state index in [-0.39, 0.29) is 28.7 Å². The topological polar surface area (TPSA) is 147 Å². The van der Waals surface area contributed by atoms with Crippen molar-refractivity contribution in [3.63, 3.8) is 0 Å². The molecule has 0 saturated carbocycles. The van der Waals surface area contributed by atoms with Crippen LogP contribution in [-0.4, -0.2) is 45.3 Å². The number of ketones is 1. The minimum absolute atomic E-state index is 0.0111. The van der Waals surface area contributed by atoms with E-state index in [4.69, 9.17) is 0 Å². The van der Waals surface area contributed by atoms with Crippen molar-refractivity contribution in [1.82, 2.24) is 33.6 Å². The molecule has 4 aromatic heterocycles. The summed E-state index contributed by atoms with van der Waals surface area (Å²) in [6, 6.07) is 3.78. The van der Waals surface area contributed by atoms with Gasteiger partial charge in [-0.25, -0.2) is 24.7 Å². The molecule has 0 aliphatic heterocycles. The summed E-state index contributed by atoms with van der Waals surface area (Å²) in [4.78, 5) is 67.2. The molecule has 39 heavy (non-hydrogen) atoms. The van der Waals surface area contributed by atoms with Crippen LogP contribution in [0.25, 0.3) is 22.4 Å². The summed E-state index contributed by atoms with van der Waals surface area (Å²) in [5.41, 5.74) is -0.663. The van der Waals surface area contributed by atoms with E-state index >= 15 is 0 Å². The molecule has 0 bridgehead atoms. The van der Waals surface area contributed by atoms with Gasteiger partial charge in [-0.15, -0.1) is 0 Å². The monoisotopic (exact) mass is 540 g/mol. The fourth-order valence-electron chi connectivity index (χ4n) is 3.77. The number of alkyl halides is 2. The van der Waals surface area contributed by atoms with Gasteiger partial charge in [-0.1, -0.05) is 19.9 Å². The smallest absolute Gasteiger partial charge is 0.312 e. The van der Waals surface area contributed by atoms with E-state index in [2.05, 4.69) is 25.3 Å². The Kier molecular flexibility index (Phi) is 7.22. The standard InChI is InChI=1S/C25H26F2N8O4/c1-13(2)17(36)11-34-22(38)19-20(33(5)24(34)39)30-12-35(19)14(3)21(37)32-18-8-6-7-16(31-18)15-9-28-23(29-10-15)25(4,26)27/h6-10,12-14H,11H2,1-5H3,(H,31,32,37)/t14-/m0/s1. The number of aromatic nitrogens is 7. The summed E-state index contributed by atoms with van der Waals surface area (Å²) in [6.07, 6.45) is 3.71. The fraction of sp³-hybridized carbons (Fsp3) is 0.360. The van der Waals surface area contributed by atoms with E-state index in [0.29, 0.717) is 18.2 Å². The predicted octanol–water partition coefficient (Wildman–Crippen LogP) is 2.29. The van der Waals surface area contributed by atoms with E-state index in [0.717, 1.165) is 9.13 Å². The van der Waals surface area contributed by atoms with E-state index in [1.165, 1.54) is 43.3 Å². The van der Waals surface area contributed by atoms with Crippen LogP contribution in [0.5, 0.6) is 0 Å². The molecule has 1 amide bonds. The molecule has 0 aromatic carbocycles. The summed E-state index contributed by atoms with van der Waals surface area (Å²) < 4.78 is 30.1. The highest BCUT2D eigenvalue weighted by molar-refractivity contribution is 5.93. The average molecular weight is 541 g/mol. The van der Waals surface area contributed by atoms with Gasteiger partial charge in [0, 0.05) is 37.8 Å². The number of halogens is 2. The van der Waals surface area contributed by atoms with Gasteiger partial charge in [-0.2, -0.15) is 8.78 Å². The number of amides is 1. The minimum atomic E-state index is -3.19. The highest BCUT2D eigenvalue weighted by atomic mass is 19.3. The highest BCUT2D eigenvalue weighted by Gasteiger charge is 2.28. The van der Waals surface area contributed by atoms with Crippen LogP contribution in [0, 0.1) is 5.92 Å². The van der Waals surface area contributed by atoms with Crippen LogP contribution in [0.1, 0.15) is 39.6 Å². The molecule has 0 radical (unpaired) electrons. The summed E-state index contributed by atoms with van der Waals surface area (Å²) >= 11 is 0. The predicted molar refractivity (Wildman–Crippen MR) is 137 cm³/mol. The van der Waals surface area contributed by atoms with Crippen molar-refractivity contribution in [1.29, 1.82) is 0 Å². The molecular formula is C25H26F2N8O4. The van der Waals surface area contributed by atoms with Crippen molar-refractivity contribution in [3.05, 3.63) is 63.6 Å². The maximum atomic E-state index is 13.4. The number of aryl methyl sites for hydroxylation is 1. The number of nitrogens with one attached hydrogen (secondary N) is 1. The van der Waals surface area contributed by atoms with Crippen molar-refractivity contribution < 1.29 is 18.4 Å². The number of fused-ring (bicyclic) bond motifs is 1. The van der Waals surface area contributed by atoms with Crippen molar-refractivity contribution in [2.24, 2.45) is 13.0 Å². The van der Waals surface area contributed by atoms with E-state index in [9.17, 15) is 28.0 Å². The molecule has 12 nitrogen and oxygen atoms in total. The number of imidazole rings is 1. The van der Waals surface area contributed by atoms with Gasteiger partial charge in [-0.3, -0.25) is 23.5 Å². The minimum Gasteiger partial charge on any atom is -0.312 e. The number of anilines is 1. The second kappa shape index (κ2) is 10.3. The summed E-state index contributed by atoms with van der Waals surface area (Å²) in [7, 11) is 1.43. The fourth-order valence-corrected chi connectivity index (χ4v) is 3.77. The van der Waals surface area contributed by atoms with Gasteiger partial charge in [0.1, 0.15) is 11.9 Å². The third-order valence-electron chi connectivity index (χ3n) is 6.15. The summed E-state index contributed by atoms with van der Waals surface area (Å²) in [5.74, 6) is -4.87. The first-order chi connectivity index (χ1) is 18.3. The number of rotatable bonds is 8. The molecule has 0 aliphatic carbocycles. The molecule has 0 unspecified atom stereocenters. The summed E-state index contributed by atoms with van der Waals surface area (Å²) in [6.45, 7) is 5.17. The molecule has 4 aromatic rings. The van der Waals surface area contributed by atoms with Gasteiger partial charge < -0.3 is 9.88 Å². The molecule has 0 saturated heterocycles. The van der Waals surface area contributed by atoms with Crippen LogP contribution < -0.4 is 16.6 Å². The number of carbonyl (C=O) groups is 2. The van der Waals surface area contributed by atoms with Gasteiger partial charge in [0.2, 0.25) is 5.91 Å². The summed E-state index contributed by atoms with van der Waals surface area (Å²) in [5, 5.41) is 2.66.